The van der Waals surface area contributed by atoms with Gasteiger partial charge in [0.1, 0.15) is 5.75 Å². The van der Waals surface area contributed by atoms with Gasteiger partial charge in [0.25, 0.3) is 5.91 Å². The molecule has 1 fully saturated rings. The molecule has 1 atom stereocenters. The summed E-state index contributed by atoms with van der Waals surface area (Å²) in [6, 6.07) is 4.98. The third-order valence-electron chi connectivity index (χ3n) is 3.93. The summed E-state index contributed by atoms with van der Waals surface area (Å²) in [6.07, 6.45) is -4.04. The van der Waals surface area contributed by atoms with Crippen molar-refractivity contribution < 1.29 is 22.7 Å². The Morgan fingerprint density at radius 3 is 2.35 bits per heavy atom. The molecule has 8 heteroatoms. The van der Waals surface area contributed by atoms with Gasteiger partial charge in [0.2, 0.25) is 0 Å². The number of benzene rings is 1. The monoisotopic (exact) mass is 352 g/mol. The summed E-state index contributed by atoms with van der Waals surface area (Å²) in [4.78, 5) is 14.1. The minimum Gasteiger partial charge on any atom is -0.406 e. The summed E-state index contributed by atoms with van der Waals surface area (Å²) in [7, 11) is 0. The molecule has 2 rings (SSSR count). The number of likely N-dealkylation sites (tertiary alicyclic amines) is 1. The van der Waals surface area contributed by atoms with E-state index in [0.717, 1.165) is 12.1 Å². The molecule has 0 aromatic heterocycles. The van der Waals surface area contributed by atoms with E-state index in [4.69, 9.17) is 5.73 Å². The van der Waals surface area contributed by atoms with E-state index in [2.05, 4.69) is 4.74 Å². The van der Waals surface area contributed by atoms with E-state index in [-0.39, 0.29) is 35.5 Å². The van der Waals surface area contributed by atoms with Gasteiger partial charge >= 0.3 is 6.36 Å². The SMILES string of the molecule is CC1(C)CN(C(=O)c2ccc(OC(F)(F)F)cc2)CCC1N.Cl. The second-order valence-corrected chi connectivity index (χ2v) is 6.18. The number of hydrogen-bond acceptors (Lipinski definition) is 3. The molecule has 1 aromatic carbocycles. The predicted molar refractivity (Wildman–Crippen MR) is 82.6 cm³/mol. The molecule has 130 valence electrons. The van der Waals surface area contributed by atoms with E-state index in [9.17, 15) is 18.0 Å². The largest absolute Gasteiger partial charge is 0.573 e. The van der Waals surface area contributed by atoms with Gasteiger partial charge in [-0.1, -0.05) is 13.8 Å². The number of hydrogen-bond donors (Lipinski definition) is 1. The molecule has 1 aliphatic heterocycles. The van der Waals surface area contributed by atoms with Gasteiger partial charge in [-0.25, -0.2) is 0 Å². The second kappa shape index (κ2) is 6.97. The molecule has 23 heavy (non-hydrogen) atoms. The number of nitrogens with zero attached hydrogens (tertiary/aromatic N) is 1. The van der Waals surface area contributed by atoms with E-state index in [1.165, 1.54) is 12.1 Å². The van der Waals surface area contributed by atoms with Crippen molar-refractivity contribution in [2.24, 2.45) is 11.1 Å². The van der Waals surface area contributed by atoms with Crippen LogP contribution >= 0.6 is 12.4 Å². The van der Waals surface area contributed by atoms with Crippen LogP contribution in [0.4, 0.5) is 13.2 Å². The topological polar surface area (TPSA) is 55.6 Å². The van der Waals surface area contributed by atoms with Crippen molar-refractivity contribution in [2.75, 3.05) is 13.1 Å². The molecule has 0 bridgehead atoms. The molecule has 1 aliphatic rings. The third-order valence-corrected chi connectivity index (χ3v) is 3.93. The Bertz CT molecular complexity index is 547. The summed E-state index contributed by atoms with van der Waals surface area (Å²) in [5.74, 6) is -0.552. The van der Waals surface area contributed by atoms with Gasteiger partial charge in [-0.3, -0.25) is 4.79 Å². The fraction of sp³-hybridized carbons (Fsp3) is 0.533. The van der Waals surface area contributed by atoms with Crippen molar-refractivity contribution in [1.29, 1.82) is 0 Å². The molecule has 1 amide bonds. The van der Waals surface area contributed by atoms with Crippen molar-refractivity contribution in [1.82, 2.24) is 4.90 Å². The molecular weight excluding hydrogens is 333 g/mol. The number of piperidine rings is 1. The van der Waals surface area contributed by atoms with Crippen molar-refractivity contribution in [2.45, 2.75) is 32.7 Å². The molecular formula is C15H20ClF3N2O2. The lowest BCUT2D eigenvalue weighted by Gasteiger charge is -2.42. The minimum absolute atomic E-state index is 0. The summed E-state index contributed by atoms with van der Waals surface area (Å²) in [6.45, 7) is 5.06. The van der Waals surface area contributed by atoms with E-state index in [1.54, 1.807) is 4.90 Å². The zero-order chi connectivity index (χ0) is 16.5. The highest BCUT2D eigenvalue weighted by molar-refractivity contribution is 5.94. The highest BCUT2D eigenvalue weighted by Crippen LogP contribution is 2.29. The molecule has 1 unspecified atom stereocenters. The van der Waals surface area contributed by atoms with Crippen LogP contribution in [0.15, 0.2) is 24.3 Å². The Morgan fingerprint density at radius 2 is 1.87 bits per heavy atom. The van der Waals surface area contributed by atoms with Crippen molar-refractivity contribution in [3.63, 3.8) is 0 Å². The van der Waals surface area contributed by atoms with E-state index in [0.29, 0.717) is 25.1 Å². The van der Waals surface area contributed by atoms with Gasteiger partial charge in [-0.15, -0.1) is 25.6 Å². The van der Waals surface area contributed by atoms with Crippen LogP contribution in [0.5, 0.6) is 5.75 Å². The van der Waals surface area contributed by atoms with E-state index in [1.807, 2.05) is 13.8 Å². The van der Waals surface area contributed by atoms with E-state index < -0.39 is 6.36 Å². The smallest absolute Gasteiger partial charge is 0.406 e. The van der Waals surface area contributed by atoms with Crippen molar-refractivity contribution in [3.05, 3.63) is 29.8 Å². The highest BCUT2D eigenvalue weighted by atomic mass is 35.5. The van der Waals surface area contributed by atoms with Gasteiger partial charge in [-0.2, -0.15) is 0 Å². The number of nitrogens with two attached hydrogens (primary N) is 1. The van der Waals surface area contributed by atoms with Gasteiger partial charge in [0.15, 0.2) is 0 Å². The zero-order valence-electron chi connectivity index (χ0n) is 12.9. The predicted octanol–water partition coefficient (Wildman–Crippen LogP) is 3.21. The third kappa shape index (κ3) is 5.00. The summed E-state index contributed by atoms with van der Waals surface area (Å²) in [5, 5.41) is 0. The Balaban J connectivity index is 0.00000264. The fourth-order valence-corrected chi connectivity index (χ4v) is 2.53. The number of carbonyl (C=O) groups excluding carboxylic acids is 1. The Morgan fingerprint density at radius 1 is 1.30 bits per heavy atom. The lowest BCUT2D eigenvalue weighted by molar-refractivity contribution is -0.274. The highest BCUT2D eigenvalue weighted by Gasteiger charge is 2.35. The van der Waals surface area contributed by atoms with E-state index >= 15 is 0 Å². The number of amides is 1. The minimum atomic E-state index is -4.74. The quantitative estimate of drug-likeness (QED) is 0.889. The van der Waals surface area contributed by atoms with Gasteiger partial charge in [0.05, 0.1) is 0 Å². The van der Waals surface area contributed by atoms with Crippen LogP contribution in [0.25, 0.3) is 0 Å². The first-order valence-corrected chi connectivity index (χ1v) is 6.99. The molecule has 4 nitrogen and oxygen atoms in total. The maximum Gasteiger partial charge on any atom is 0.573 e. The lowest BCUT2D eigenvalue weighted by atomic mass is 9.79. The molecule has 0 aliphatic carbocycles. The van der Waals surface area contributed by atoms with Crippen molar-refractivity contribution >= 4 is 18.3 Å². The second-order valence-electron chi connectivity index (χ2n) is 6.18. The van der Waals surface area contributed by atoms with Crippen LogP contribution in [0.2, 0.25) is 0 Å². The molecule has 1 saturated heterocycles. The van der Waals surface area contributed by atoms with Crippen LogP contribution in [-0.4, -0.2) is 36.3 Å². The van der Waals surface area contributed by atoms with Crippen molar-refractivity contribution in [3.8, 4) is 5.75 Å². The molecule has 0 radical (unpaired) electrons. The number of carbonyl (C=O) groups is 1. The first kappa shape index (κ1) is 19.6. The van der Waals surface area contributed by atoms with Gasteiger partial charge in [-0.05, 0) is 36.1 Å². The Labute approximate surface area is 139 Å². The first-order valence-electron chi connectivity index (χ1n) is 6.99. The van der Waals surface area contributed by atoms with Crippen LogP contribution in [0.1, 0.15) is 30.6 Å². The lowest BCUT2D eigenvalue weighted by Crippen LogP contribution is -2.53. The fourth-order valence-electron chi connectivity index (χ4n) is 2.53. The summed E-state index contributed by atoms with van der Waals surface area (Å²) in [5.41, 5.74) is 6.18. The summed E-state index contributed by atoms with van der Waals surface area (Å²) < 4.78 is 40.1. The maximum atomic E-state index is 12.4. The Kier molecular flexibility index (Phi) is 5.93. The molecule has 0 saturated carbocycles. The number of halogens is 4. The van der Waals surface area contributed by atoms with Gasteiger partial charge < -0.3 is 15.4 Å². The molecule has 1 heterocycles. The zero-order valence-corrected chi connectivity index (χ0v) is 13.7. The number of alkyl halides is 3. The van der Waals surface area contributed by atoms with Gasteiger partial charge in [0, 0.05) is 24.7 Å². The van der Waals surface area contributed by atoms with Crippen LogP contribution in [0, 0.1) is 5.41 Å². The Hall–Kier alpha value is -1.47. The average Bonchev–Trinajstić information content (AvgIpc) is 2.40. The normalized spacial score (nSPS) is 20.6. The standard InChI is InChI=1S/C15H19F3N2O2.ClH/c1-14(2)9-20(8-7-12(14)19)13(21)10-3-5-11(6-4-10)22-15(16,17)18;/h3-6,12H,7-9,19H2,1-2H3;1H. The molecule has 2 N–H and O–H groups in total. The first-order chi connectivity index (χ1) is 10.1. The summed E-state index contributed by atoms with van der Waals surface area (Å²) >= 11 is 0. The number of rotatable bonds is 2. The molecule has 0 spiro atoms. The van der Waals surface area contributed by atoms with Crippen LogP contribution in [0.3, 0.4) is 0 Å². The number of ether oxygens (including phenoxy) is 1. The van der Waals surface area contributed by atoms with Crippen LogP contribution in [-0.2, 0) is 0 Å². The van der Waals surface area contributed by atoms with Crippen LogP contribution < -0.4 is 10.5 Å². The molecule has 1 aromatic rings. The average molecular weight is 353 g/mol. The maximum absolute atomic E-state index is 12.4.